The van der Waals surface area contributed by atoms with Crippen molar-refractivity contribution in [3.8, 4) is 0 Å². The molecule has 1 atom stereocenters. The second-order valence-corrected chi connectivity index (χ2v) is 5.12. The summed E-state index contributed by atoms with van der Waals surface area (Å²) in [6.07, 6.45) is 0. The van der Waals surface area contributed by atoms with E-state index in [-0.39, 0.29) is 12.0 Å². The molecule has 3 heteroatoms. The van der Waals surface area contributed by atoms with Crippen LogP contribution in [0, 0.1) is 0 Å². The fourth-order valence-electron chi connectivity index (χ4n) is 1.34. The van der Waals surface area contributed by atoms with Crippen LogP contribution >= 0.6 is 0 Å². The lowest BCUT2D eigenvalue weighted by molar-refractivity contribution is -0.157. The Morgan fingerprint density at radius 3 is 2.41 bits per heavy atom. The fraction of sp³-hybridized carbons (Fsp3) is 0.500. The number of hydrogen-bond donors (Lipinski definition) is 1. The first kappa shape index (κ1) is 13.7. The van der Waals surface area contributed by atoms with Gasteiger partial charge in [0.1, 0.15) is 11.6 Å². The normalized spacial score (nSPS) is 13.2. The number of hydrogen-bond acceptors (Lipinski definition) is 3. The Labute approximate surface area is 103 Å². The highest BCUT2D eigenvalue weighted by atomic mass is 16.6. The first-order valence-electron chi connectivity index (χ1n) is 5.88. The van der Waals surface area contributed by atoms with Crippen LogP contribution in [0.15, 0.2) is 30.3 Å². The lowest BCUT2D eigenvalue weighted by atomic mass is 10.2. The molecule has 0 heterocycles. The van der Waals surface area contributed by atoms with Gasteiger partial charge in [-0.25, -0.2) is 0 Å². The van der Waals surface area contributed by atoms with Crippen LogP contribution in [-0.4, -0.2) is 17.6 Å². The third kappa shape index (κ3) is 5.50. The summed E-state index contributed by atoms with van der Waals surface area (Å²) in [6, 6.07) is 9.68. The summed E-state index contributed by atoms with van der Waals surface area (Å²) >= 11 is 0. The number of carbonyl (C=O) groups is 1. The second kappa shape index (κ2) is 5.82. The SMILES string of the molecule is C[C@@H](NCc1ccccc1)C(=O)OC(C)(C)C. The number of ether oxygens (including phenoxy) is 1. The lowest BCUT2D eigenvalue weighted by Gasteiger charge is -2.22. The third-order valence-electron chi connectivity index (χ3n) is 2.22. The first-order valence-corrected chi connectivity index (χ1v) is 5.88. The van der Waals surface area contributed by atoms with Gasteiger partial charge in [0.2, 0.25) is 0 Å². The van der Waals surface area contributed by atoms with Gasteiger partial charge in [-0.1, -0.05) is 30.3 Å². The zero-order chi connectivity index (χ0) is 12.9. The van der Waals surface area contributed by atoms with Crippen LogP contribution in [0.3, 0.4) is 0 Å². The van der Waals surface area contributed by atoms with Gasteiger partial charge in [-0.05, 0) is 33.3 Å². The summed E-state index contributed by atoms with van der Waals surface area (Å²) in [7, 11) is 0. The number of carbonyl (C=O) groups excluding carboxylic acids is 1. The van der Waals surface area contributed by atoms with Crippen molar-refractivity contribution in [2.75, 3.05) is 0 Å². The highest BCUT2D eigenvalue weighted by Crippen LogP contribution is 2.08. The van der Waals surface area contributed by atoms with Gasteiger partial charge in [0, 0.05) is 6.54 Å². The molecule has 1 aromatic rings. The quantitative estimate of drug-likeness (QED) is 0.815. The Morgan fingerprint density at radius 2 is 1.88 bits per heavy atom. The van der Waals surface area contributed by atoms with Crippen molar-refractivity contribution in [2.45, 2.75) is 45.9 Å². The molecule has 0 aliphatic heterocycles. The number of benzene rings is 1. The van der Waals surface area contributed by atoms with Crippen LogP contribution in [0.25, 0.3) is 0 Å². The van der Waals surface area contributed by atoms with E-state index in [1.165, 1.54) is 0 Å². The molecule has 3 nitrogen and oxygen atoms in total. The predicted octanol–water partition coefficient (Wildman–Crippen LogP) is 2.51. The molecule has 0 saturated heterocycles. The van der Waals surface area contributed by atoms with Gasteiger partial charge in [0.25, 0.3) is 0 Å². The van der Waals surface area contributed by atoms with Gasteiger partial charge in [0.05, 0.1) is 0 Å². The van der Waals surface area contributed by atoms with Crippen molar-refractivity contribution in [1.82, 2.24) is 5.32 Å². The molecule has 0 aliphatic carbocycles. The molecule has 0 spiro atoms. The van der Waals surface area contributed by atoms with Crippen molar-refractivity contribution >= 4 is 5.97 Å². The van der Waals surface area contributed by atoms with Gasteiger partial charge < -0.3 is 10.1 Å². The van der Waals surface area contributed by atoms with Crippen LogP contribution in [0.1, 0.15) is 33.3 Å². The highest BCUT2D eigenvalue weighted by molar-refractivity contribution is 5.75. The molecule has 0 unspecified atom stereocenters. The standard InChI is InChI=1S/C14H21NO2/c1-11(13(16)17-14(2,3)4)15-10-12-8-6-5-7-9-12/h5-9,11,15H,10H2,1-4H3/t11-/m1/s1. The largest absolute Gasteiger partial charge is 0.459 e. The zero-order valence-electron chi connectivity index (χ0n) is 11.0. The van der Waals surface area contributed by atoms with E-state index < -0.39 is 5.60 Å². The molecule has 0 radical (unpaired) electrons. The summed E-state index contributed by atoms with van der Waals surface area (Å²) in [5.41, 5.74) is 0.725. The van der Waals surface area contributed by atoms with E-state index in [1.807, 2.05) is 58.0 Å². The summed E-state index contributed by atoms with van der Waals surface area (Å²) in [5, 5.41) is 3.15. The van der Waals surface area contributed by atoms with Gasteiger partial charge in [-0.3, -0.25) is 4.79 Å². The number of nitrogens with one attached hydrogen (secondary N) is 1. The molecule has 1 aromatic carbocycles. The van der Waals surface area contributed by atoms with Crippen molar-refractivity contribution in [1.29, 1.82) is 0 Å². The van der Waals surface area contributed by atoms with E-state index in [0.29, 0.717) is 6.54 Å². The van der Waals surface area contributed by atoms with E-state index in [4.69, 9.17) is 4.74 Å². The average Bonchev–Trinajstić information content (AvgIpc) is 2.25. The molecular weight excluding hydrogens is 214 g/mol. The summed E-state index contributed by atoms with van der Waals surface area (Å²) in [5.74, 6) is -0.214. The molecule has 0 aromatic heterocycles. The summed E-state index contributed by atoms with van der Waals surface area (Å²) < 4.78 is 5.29. The molecule has 0 amide bonds. The van der Waals surface area contributed by atoms with Crippen LogP contribution in [-0.2, 0) is 16.1 Å². The molecule has 0 aliphatic rings. The van der Waals surface area contributed by atoms with Gasteiger partial charge >= 0.3 is 5.97 Å². The maximum Gasteiger partial charge on any atom is 0.323 e. The Morgan fingerprint density at radius 1 is 1.29 bits per heavy atom. The van der Waals surface area contributed by atoms with E-state index in [1.54, 1.807) is 0 Å². The van der Waals surface area contributed by atoms with Crippen molar-refractivity contribution in [3.63, 3.8) is 0 Å². The van der Waals surface area contributed by atoms with E-state index >= 15 is 0 Å². The van der Waals surface area contributed by atoms with Gasteiger partial charge in [-0.2, -0.15) is 0 Å². The summed E-state index contributed by atoms with van der Waals surface area (Å²) in [6.45, 7) is 8.09. The van der Waals surface area contributed by atoms with Gasteiger partial charge in [0.15, 0.2) is 0 Å². The number of rotatable bonds is 4. The Kier molecular flexibility index (Phi) is 4.70. The Bertz CT molecular complexity index is 354. The second-order valence-electron chi connectivity index (χ2n) is 5.12. The smallest absolute Gasteiger partial charge is 0.323 e. The molecule has 1 N–H and O–H groups in total. The Hall–Kier alpha value is -1.35. The topological polar surface area (TPSA) is 38.3 Å². The molecule has 0 bridgehead atoms. The van der Waals surface area contributed by atoms with Crippen molar-refractivity contribution in [2.24, 2.45) is 0 Å². The van der Waals surface area contributed by atoms with E-state index in [0.717, 1.165) is 5.56 Å². The zero-order valence-corrected chi connectivity index (χ0v) is 11.0. The first-order chi connectivity index (χ1) is 7.88. The van der Waals surface area contributed by atoms with Crippen LogP contribution in [0.5, 0.6) is 0 Å². The van der Waals surface area contributed by atoms with E-state index in [2.05, 4.69) is 5.32 Å². The fourth-order valence-corrected chi connectivity index (χ4v) is 1.34. The molecular formula is C14H21NO2. The van der Waals surface area contributed by atoms with Crippen LogP contribution in [0.2, 0.25) is 0 Å². The molecule has 1 rings (SSSR count). The highest BCUT2D eigenvalue weighted by Gasteiger charge is 2.20. The minimum Gasteiger partial charge on any atom is -0.459 e. The Balaban J connectivity index is 2.40. The molecule has 94 valence electrons. The van der Waals surface area contributed by atoms with Crippen LogP contribution in [0.4, 0.5) is 0 Å². The maximum atomic E-state index is 11.7. The monoisotopic (exact) mass is 235 g/mol. The van der Waals surface area contributed by atoms with Crippen molar-refractivity contribution < 1.29 is 9.53 Å². The minimum atomic E-state index is -0.431. The van der Waals surface area contributed by atoms with E-state index in [9.17, 15) is 4.79 Å². The molecule has 0 saturated carbocycles. The predicted molar refractivity (Wildman–Crippen MR) is 68.6 cm³/mol. The average molecular weight is 235 g/mol. The van der Waals surface area contributed by atoms with Crippen molar-refractivity contribution in [3.05, 3.63) is 35.9 Å². The van der Waals surface area contributed by atoms with Crippen LogP contribution < -0.4 is 5.32 Å². The molecule has 0 fully saturated rings. The third-order valence-corrected chi connectivity index (χ3v) is 2.22. The molecule has 17 heavy (non-hydrogen) atoms. The minimum absolute atomic E-state index is 0.214. The lowest BCUT2D eigenvalue weighted by Crippen LogP contribution is -2.38. The van der Waals surface area contributed by atoms with Gasteiger partial charge in [-0.15, -0.1) is 0 Å². The maximum absolute atomic E-state index is 11.7. The summed E-state index contributed by atoms with van der Waals surface area (Å²) in [4.78, 5) is 11.7. The number of esters is 1.